The number of carbonyl (C=O) groups is 2. The van der Waals surface area contributed by atoms with Crippen LogP contribution in [0.5, 0.6) is 11.5 Å². The smallest absolute Gasteiger partial charge is 0.295 e. The number of benzene rings is 3. The number of phenolic OH excluding ortho intramolecular Hbond substituents is 1. The van der Waals surface area contributed by atoms with Crippen LogP contribution in [0.2, 0.25) is 0 Å². The highest BCUT2D eigenvalue weighted by atomic mass is 16.5. The zero-order chi connectivity index (χ0) is 25.8. The van der Waals surface area contributed by atoms with Gasteiger partial charge in [0.25, 0.3) is 11.7 Å². The molecule has 0 bridgehead atoms. The Bertz CT molecular complexity index is 1430. The number of aliphatic hydroxyl groups excluding tert-OH is 1. The molecule has 5 rings (SSSR count). The zero-order valence-electron chi connectivity index (χ0n) is 19.8. The lowest BCUT2D eigenvalue weighted by molar-refractivity contribution is -0.140. The number of nitrogens with zero attached hydrogens (tertiary/aromatic N) is 2. The standard InChI is InChI=1S/C30H24N2O5/c33-24-12-8-22(9-13-24)27-26(29(35)30(36)32(27)18-21-7-4-16-31-17-21)28(34)23-10-14-25(15-11-23)37-19-20-5-2-1-3-6-20/h1-17,27,33-34H,18-19H2/t27-/m1/s1. The Kier molecular flexibility index (Phi) is 6.68. The minimum atomic E-state index is -0.838. The van der Waals surface area contributed by atoms with E-state index >= 15 is 0 Å². The van der Waals surface area contributed by atoms with Crippen LogP contribution in [-0.2, 0) is 22.7 Å². The number of aliphatic hydroxyl groups is 1. The van der Waals surface area contributed by atoms with Crippen molar-refractivity contribution in [2.24, 2.45) is 0 Å². The number of pyridine rings is 1. The highest BCUT2D eigenvalue weighted by molar-refractivity contribution is 6.46. The number of likely N-dealkylation sites (tertiary alicyclic amines) is 1. The summed E-state index contributed by atoms with van der Waals surface area (Å²) in [6, 6.07) is 25.4. The molecule has 1 aliphatic rings. The van der Waals surface area contributed by atoms with Gasteiger partial charge in [-0.3, -0.25) is 14.6 Å². The summed E-state index contributed by atoms with van der Waals surface area (Å²) in [4.78, 5) is 31.8. The van der Waals surface area contributed by atoms with Crippen LogP contribution in [0.15, 0.2) is 109 Å². The van der Waals surface area contributed by atoms with E-state index in [2.05, 4.69) is 4.98 Å². The topological polar surface area (TPSA) is 100.0 Å². The van der Waals surface area contributed by atoms with E-state index < -0.39 is 17.7 Å². The van der Waals surface area contributed by atoms with Gasteiger partial charge in [-0.2, -0.15) is 0 Å². The number of phenols is 1. The zero-order valence-corrected chi connectivity index (χ0v) is 19.8. The summed E-state index contributed by atoms with van der Waals surface area (Å²) in [5.41, 5.74) is 2.73. The maximum atomic E-state index is 13.2. The maximum Gasteiger partial charge on any atom is 0.295 e. The first kappa shape index (κ1) is 23.8. The molecule has 1 fully saturated rings. The minimum Gasteiger partial charge on any atom is -0.508 e. The molecule has 0 radical (unpaired) electrons. The number of aromatic nitrogens is 1. The van der Waals surface area contributed by atoms with Crippen molar-refractivity contribution in [1.29, 1.82) is 0 Å². The third-order valence-electron chi connectivity index (χ3n) is 6.20. The first-order chi connectivity index (χ1) is 18.0. The molecule has 4 aromatic rings. The molecule has 37 heavy (non-hydrogen) atoms. The molecular formula is C30H24N2O5. The molecule has 0 aliphatic carbocycles. The van der Waals surface area contributed by atoms with Crippen molar-refractivity contribution in [2.75, 3.05) is 0 Å². The molecule has 0 unspecified atom stereocenters. The van der Waals surface area contributed by atoms with Crippen molar-refractivity contribution in [2.45, 2.75) is 19.2 Å². The summed E-state index contributed by atoms with van der Waals surface area (Å²) >= 11 is 0. The largest absolute Gasteiger partial charge is 0.508 e. The molecule has 1 aromatic heterocycles. The molecule has 0 saturated carbocycles. The van der Waals surface area contributed by atoms with Crippen LogP contribution in [0.1, 0.15) is 28.3 Å². The van der Waals surface area contributed by atoms with Crippen molar-refractivity contribution in [3.8, 4) is 11.5 Å². The SMILES string of the molecule is O=C1C(=O)N(Cc2cccnc2)[C@H](c2ccc(O)cc2)C1=C(O)c1ccc(OCc2ccccc2)cc1. The van der Waals surface area contributed by atoms with Gasteiger partial charge in [0, 0.05) is 24.5 Å². The third-order valence-corrected chi connectivity index (χ3v) is 6.20. The van der Waals surface area contributed by atoms with E-state index in [1.807, 2.05) is 36.4 Å². The molecule has 7 nitrogen and oxygen atoms in total. The number of ketones is 1. The molecule has 0 spiro atoms. The Labute approximate surface area is 213 Å². The summed E-state index contributed by atoms with van der Waals surface area (Å²) < 4.78 is 5.82. The summed E-state index contributed by atoms with van der Waals surface area (Å²) in [5, 5.41) is 21.0. The van der Waals surface area contributed by atoms with Crippen LogP contribution in [0, 0.1) is 0 Å². The van der Waals surface area contributed by atoms with Crippen molar-refractivity contribution < 1.29 is 24.5 Å². The van der Waals surface area contributed by atoms with Crippen LogP contribution in [0.4, 0.5) is 0 Å². The Morgan fingerprint density at radius 1 is 0.865 bits per heavy atom. The van der Waals surface area contributed by atoms with E-state index in [9.17, 15) is 19.8 Å². The predicted molar refractivity (Wildman–Crippen MR) is 137 cm³/mol. The molecule has 184 valence electrons. The van der Waals surface area contributed by atoms with Gasteiger partial charge in [0.2, 0.25) is 0 Å². The average molecular weight is 493 g/mol. The van der Waals surface area contributed by atoms with Gasteiger partial charge in [0.1, 0.15) is 23.9 Å². The molecule has 1 aliphatic heterocycles. The second-order valence-electron chi connectivity index (χ2n) is 8.68. The van der Waals surface area contributed by atoms with E-state index in [4.69, 9.17) is 4.74 Å². The summed E-state index contributed by atoms with van der Waals surface area (Å²) in [6.07, 6.45) is 3.25. The van der Waals surface area contributed by atoms with Gasteiger partial charge < -0.3 is 19.8 Å². The fraction of sp³-hybridized carbons (Fsp3) is 0.100. The Morgan fingerprint density at radius 3 is 2.24 bits per heavy atom. The van der Waals surface area contributed by atoms with E-state index in [0.29, 0.717) is 23.5 Å². The van der Waals surface area contributed by atoms with Crippen molar-refractivity contribution in [1.82, 2.24) is 9.88 Å². The lowest BCUT2D eigenvalue weighted by Gasteiger charge is -2.25. The number of carbonyl (C=O) groups excluding carboxylic acids is 2. The summed E-state index contributed by atoms with van der Waals surface area (Å²) in [6.45, 7) is 0.527. The van der Waals surface area contributed by atoms with Crippen molar-refractivity contribution in [3.63, 3.8) is 0 Å². The molecule has 2 heterocycles. The van der Waals surface area contributed by atoms with Gasteiger partial charge in [-0.05, 0) is 59.2 Å². The normalized spacial score (nSPS) is 16.6. The molecule has 1 amide bonds. The molecular weight excluding hydrogens is 468 g/mol. The first-order valence-corrected chi connectivity index (χ1v) is 11.7. The number of aromatic hydroxyl groups is 1. The van der Waals surface area contributed by atoms with Gasteiger partial charge in [0.05, 0.1) is 11.6 Å². The van der Waals surface area contributed by atoms with Gasteiger partial charge in [-0.25, -0.2) is 0 Å². The lowest BCUT2D eigenvalue weighted by Crippen LogP contribution is -2.29. The van der Waals surface area contributed by atoms with Gasteiger partial charge in [-0.1, -0.05) is 48.5 Å². The Morgan fingerprint density at radius 2 is 1.57 bits per heavy atom. The fourth-order valence-electron chi connectivity index (χ4n) is 4.34. The first-order valence-electron chi connectivity index (χ1n) is 11.7. The quantitative estimate of drug-likeness (QED) is 0.214. The Balaban J connectivity index is 1.48. The summed E-state index contributed by atoms with van der Waals surface area (Å²) in [5.74, 6) is -1.11. The van der Waals surface area contributed by atoms with E-state index in [1.165, 1.54) is 17.0 Å². The molecule has 2 N–H and O–H groups in total. The monoisotopic (exact) mass is 492 g/mol. The summed E-state index contributed by atoms with van der Waals surface area (Å²) in [7, 11) is 0. The van der Waals surface area contributed by atoms with Crippen LogP contribution >= 0.6 is 0 Å². The van der Waals surface area contributed by atoms with E-state index in [-0.39, 0.29) is 23.6 Å². The highest BCUT2D eigenvalue weighted by Gasteiger charge is 2.46. The molecule has 1 saturated heterocycles. The number of hydrogen-bond donors (Lipinski definition) is 2. The predicted octanol–water partition coefficient (Wildman–Crippen LogP) is 4.99. The number of hydrogen-bond acceptors (Lipinski definition) is 6. The molecule has 1 atom stereocenters. The maximum absolute atomic E-state index is 13.2. The van der Waals surface area contributed by atoms with Crippen molar-refractivity contribution >= 4 is 17.4 Å². The van der Waals surface area contributed by atoms with Crippen LogP contribution in [0.25, 0.3) is 5.76 Å². The molecule has 3 aromatic carbocycles. The van der Waals surface area contributed by atoms with Crippen LogP contribution in [0.3, 0.4) is 0 Å². The van der Waals surface area contributed by atoms with Crippen molar-refractivity contribution in [3.05, 3.63) is 131 Å². The lowest BCUT2D eigenvalue weighted by atomic mass is 9.95. The minimum absolute atomic E-state index is 0.0162. The van der Waals surface area contributed by atoms with E-state index in [0.717, 1.165) is 11.1 Å². The fourth-order valence-corrected chi connectivity index (χ4v) is 4.34. The number of rotatable bonds is 7. The molecule has 7 heteroatoms. The Hall–Kier alpha value is -4.91. The average Bonchev–Trinajstić information content (AvgIpc) is 3.18. The van der Waals surface area contributed by atoms with Gasteiger partial charge in [-0.15, -0.1) is 0 Å². The van der Waals surface area contributed by atoms with Gasteiger partial charge >= 0.3 is 0 Å². The van der Waals surface area contributed by atoms with Crippen LogP contribution in [-0.4, -0.2) is 31.8 Å². The number of Topliss-reactive ketones (excluding diaryl/α,β-unsaturated/α-hetero) is 1. The van der Waals surface area contributed by atoms with Gasteiger partial charge in [0.15, 0.2) is 0 Å². The van der Waals surface area contributed by atoms with Crippen LogP contribution < -0.4 is 4.74 Å². The number of ether oxygens (including phenoxy) is 1. The highest BCUT2D eigenvalue weighted by Crippen LogP contribution is 2.40. The van der Waals surface area contributed by atoms with E-state index in [1.54, 1.807) is 54.9 Å². The number of amides is 1. The second kappa shape index (κ2) is 10.4. The second-order valence-corrected chi connectivity index (χ2v) is 8.68. The third kappa shape index (κ3) is 5.06.